The van der Waals surface area contributed by atoms with E-state index in [0.29, 0.717) is 31.3 Å². The van der Waals surface area contributed by atoms with Crippen LogP contribution in [0.1, 0.15) is 56.9 Å². The first-order chi connectivity index (χ1) is 14.8. The number of likely N-dealkylation sites (tertiary alicyclic amines) is 1. The summed E-state index contributed by atoms with van der Waals surface area (Å²) in [5, 5.41) is 14.6. The van der Waals surface area contributed by atoms with Crippen LogP contribution in [-0.4, -0.2) is 41.5 Å². The molecule has 1 spiro atoms. The molecule has 2 aliphatic carbocycles. The topological polar surface area (TPSA) is 85.2 Å². The van der Waals surface area contributed by atoms with Gasteiger partial charge in [0, 0.05) is 25.1 Å². The monoisotopic (exact) mass is 430 g/mol. The molecule has 6 nitrogen and oxygen atoms in total. The van der Waals surface area contributed by atoms with Gasteiger partial charge in [-0.05, 0) is 50.4 Å². The minimum Gasteiger partial charge on any atom is -0.336 e. The highest BCUT2D eigenvalue weighted by Gasteiger charge is 2.47. The number of piperidine rings is 1. The van der Waals surface area contributed by atoms with E-state index in [1.54, 1.807) is 23.1 Å². The summed E-state index contributed by atoms with van der Waals surface area (Å²) in [5.41, 5.74) is -0.649. The fourth-order valence-corrected chi connectivity index (χ4v) is 4.23. The zero-order valence-corrected chi connectivity index (χ0v) is 17.5. The number of alkyl halides is 2. The van der Waals surface area contributed by atoms with Crippen LogP contribution in [0.2, 0.25) is 0 Å². The van der Waals surface area contributed by atoms with Gasteiger partial charge in [-0.15, -0.1) is 0 Å². The zero-order valence-electron chi connectivity index (χ0n) is 17.5. The molecule has 0 unspecified atom stereocenters. The molecule has 1 aliphatic heterocycles. The molecule has 166 valence electrons. The number of nitriles is 1. The van der Waals surface area contributed by atoms with Crippen molar-refractivity contribution in [3.63, 3.8) is 0 Å². The third kappa shape index (κ3) is 4.97. The lowest BCUT2D eigenvalue weighted by Crippen LogP contribution is -2.54. The van der Waals surface area contributed by atoms with Crippen molar-refractivity contribution in [2.24, 2.45) is 5.41 Å². The molecular weight excluding hydrogens is 402 g/mol. The normalized spacial score (nSPS) is 21.6. The van der Waals surface area contributed by atoms with Gasteiger partial charge in [-0.25, -0.2) is 13.6 Å². The van der Waals surface area contributed by atoms with Crippen LogP contribution in [0.3, 0.4) is 0 Å². The maximum atomic E-state index is 14.7. The van der Waals surface area contributed by atoms with E-state index in [-0.39, 0.29) is 12.0 Å². The number of hydrogen-bond acceptors (Lipinski definition) is 3. The van der Waals surface area contributed by atoms with Gasteiger partial charge >= 0.3 is 6.03 Å². The highest BCUT2D eigenvalue weighted by molar-refractivity contribution is 5.88. The van der Waals surface area contributed by atoms with E-state index in [0.717, 1.165) is 12.8 Å². The van der Waals surface area contributed by atoms with Gasteiger partial charge in [0.05, 0.1) is 6.07 Å². The van der Waals surface area contributed by atoms with Gasteiger partial charge in [0.15, 0.2) is 0 Å². The number of benzene rings is 1. The summed E-state index contributed by atoms with van der Waals surface area (Å²) >= 11 is 0. The summed E-state index contributed by atoms with van der Waals surface area (Å²) in [6, 6.07) is 8.00. The van der Waals surface area contributed by atoms with Crippen LogP contribution in [0.15, 0.2) is 30.3 Å². The summed E-state index contributed by atoms with van der Waals surface area (Å²) in [5.74, 6) is -3.70. The van der Waals surface area contributed by atoms with Gasteiger partial charge in [0.1, 0.15) is 11.6 Å². The van der Waals surface area contributed by atoms with Gasteiger partial charge in [-0.3, -0.25) is 4.79 Å². The molecule has 1 saturated heterocycles. The predicted molar refractivity (Wildman–Crippen MR) is 110 cm³/mol. The number of nitrogens with one attached hydrogen (secondary N) is 2. The van der Waals surface area contributed by atoms with E-state index in [2.05, 4.69) is 16.7 Å². The molecule has 1 atom stereocenters. The van der Waals surface area contributed by atoms with Crippen molar-refractivity contribution in [2.45, 2.75) is 68.9 Å². The fourth-order valence-electron chi connectivity index (χ4n) is 4.23. The Morgan fingerprint density at radius 1 is 1.10 bits per heavy atom. The maximum Gasteiger partial charge on any atom is 0.318 e. The second-order valence-electron chi connectivity index (χ2n) is 9.28. The van der Waals surface area contributed by atoms with Crippen molar-refractivity contribution in [2.75, 3.05) is 13.1 Å². The number of rotatable bonds is 7. The van der Waals surface area contributed by atoms with Crippen LogP contribution in [0, 0.1) is 16.7 Å². The average molecular weight is 430 g/mol. The molecule has 2 saturated carbocycles. The van der Waals surface area contributed by atoms with Crippen LogP contribution in [-0.2, 0) is 10.7 Å². The van der Waals surface area contributed by atoms with Gasteiger partial charge in [-0.2, -0.15) is 5.26 Å². The number of urea groups is 1. The van der Waals surface area contributed by atoms with Crippen molar-refractivity contribution in [1.82, 2.24) is 15.5 Å². The standard InChI is InChI=1S/C23H28F2N4O2/c24-23(25,17-4-2-1-3-5-17)7-6-18(19(30)28-22(16-26)10-11-22)27-20(31)29-14-12-21(8-9-21)13-15-29/h1-5,18H,6-15H2,(H,27,31)(H,28,30)/t18-/m0/s1. The highest BCUT2D eigenvalue weighted by Crippen LogP contribution is 2.53. The Labute approximate surface area is 181 Å². The third-order valence-corrected chi connectivity index (χ3v) is 6.95. The molecule has 0 aromatic heterocycles. The van der Waals surface area contributed by atoms with E-state index in [9.17, 15) is 23.6 Å². The third-order valence-electron chi connectivity index (χ3n) is 6.95. The van der Waals surface area contributed by atoms with E-state index in [4.69, 9.17) is 0 Å². The zero-order chi connectivity index (χ0) is 22.1. The molecule has 1 aromatic rings. The van der Waals surface area contributed by atoms with E-state index >= 15 is 0 Å². The molecule has 0 radical (unpaired) electrons. The van der Waals surface area contributed by atoms with Gasteiger partial charge in [-0.1, -0.05) is 30.3 Å². The molecule has 1 aromatic carbocycles. The Kier molecular flexibility index (Phi) is 5.63. The Morgan fingerprint density at radius 2 is 1.74 bits per heavy atom. The van der Waals surface area contributed by atoms with E-state index in [1.165, 1.54) is 25.0 Å². The Balaban J connectivity index is 1.40. The van der Waals surface area contributed by atoms with E-state index in [1.807, 2.05) is 0 Å². The first kappa shape index (κ1) is 21.5. The second-order valence-corrected chi connectivity index (χ2v) is 9.28. The maximum absolute atomic E-state index is 14.7. The number of carbonyl (C=O) groups is 2. The molecule has 3 amide bonds. The van der Waals surface area contributed by atoms with Crippen molar-refractivity contribution in [1.29, 1.82) is 5.26 Å². The van der Waals surface area contributed by atoms with Crippen molar-refractivity contribution in [3.05, 3.63) is 35.9 Å². The van der Waals surface area contributed by atoms with Gasteiger partial charge in [0.2, 0.25) is 5.91 Å². The van der Waals surface area contributed by atoms with Crippen LogP contribution >= 0.6 is 0 Å². The van der Waals surface area contributed by atoms with Crippen molar-refractivity contribution >= 4 is 11.9 Å². The SMILES string of the molecule is N#CC1(NC(=O)[C@H](CCC(F)(F)c2ccccc2)NC(=O)N2CCC3(CC2)CC3)CC1. The predicted octanol–water partition coefficient (Wildman–Crippen LogP) is 3.69. The lowest BCUT2D eigenvalue weighted by Gasteiger charge is -2.33. The Morgan fingerprint density at radius 3 is 2.29 bits per heavy atom. The number of halogens is 2. The Hall–Kier alpha value is -2.69. The molecule has 8 heteroatoms. The Bertz CT molecular complexity index is 865. The summed E-state index contributed by atoms with van der Waals surface area (Å²) in [4.78, 5) is 27.2. The minimum absolute atomic E-state index is 0.123. The van der Waals surface area contributed by atoms with Crippen molar-refractivity contribution in [3.8, 4) is 6.07 Å². The number of carbonyl (C=O) groups excluding carboxylic acids is 2. The number of amides is 3. The van der Waals surface area contributed by atoms with Crippen molar-refractivity contribution < 1.29 is 18.4 Å². The highest BCUT2D eigenvalue weighted by atomic mass is 19.3. The van der Waals surface area contributed by atoms with Crippen LogP contribution < -0.4 is 10.6 Å². The van der Waals surface area contributed by atoms with E-state index < -0.39 is 35.9 Å². The smallest absolute Gasteiger partial charge is 0.318 e. The molecule has 1 heterocycles. The fraction of sp³-hybridized carbons (Fsp3) is 0.609. The molecule has 31 heavy (non-hydrogen) atoms. The molecule has 2 N–H and O–H groups in total. The van der Waals surface area contributed by atoms with Crippen LogP contribution in [0.4, 0.5) is 13.6 Å². The average Bonchev–Trinajstić information content (AvgIpc) is 3.70. The molecule has 3 fully saturated rings. The van der Waals surface area contributed by atoms with Gasteiger partial charge < -0.3 is 15.5 Å². The lowest BCUT2D eigenvalue weighted by atomic mass is 9.94. The summed E-state index contributed by atoms with van der Waals surface area (Å²) in [7, 11) is 0. The largest absolute Gasteiger partial charge is 0.336 e. The minimum atomic E-state index is -3.12. The molecule has 4 rings (SSSR count). The quantitative estimate of drug-likeness (QED) is 0.692. The lowest BCUT2D eigenvalue weighted by molar-refractivity contribution is -0.124. The molecule has 3 aliphatic rings. The summed E-state index contributed by atoms with van der Waals surface area (Å²) in [6.45, 7) is 1.23. The van der Waals surface area contributed by atoms with Crippen LogP contribution in [0.25, 0.3) is 0 Å². The first-order valence-electron chi connectivity index (χ1n) is 11.0. The van der Waals surface area contributed by atoms with Gasteiger partial charge in [0.25, 0.3) is 5.92 Å². The number of nitrogens with zero attached hydrogens (tertiary/aromatic N) is 2. The summed E-state index contributed by atoms with van der Waals surface area (Å²) < 4.78 is 29.3. The summed E-state index contributed by atoms with van der Waals surface area (Å²) in [6.07, 6.45) is 4.56. The second kappa shape index (κ2) is 8.10. The number of hydrogen-bond donors (Lipinski definition) is 2. The molecule has 0 bridgehead atoms. The van der Waals surface area contributed by atoms with Crippen LogP contribution in [0.5, 0.6) is 0 Å². The molecular formula is C23H28F2N4O2. The first-order valence-corrected chi connectivity index (χ1v) is 11.0.